The number of rotatable bonds is 6. The van der Waals surface area contributed by atoms with Gasteiger partial charge in [0.1, 0.15) is 11.4 Å². The van der Waals surface area contributed by atoms with Crippen molar-refractivity contribution in [2.24, 2.45) is 0 Å². The first-order chi connectivity index (χ1) is 17.2. The van der Waals surface area contributed by atoms with Crippen molar-refractivity contribution >= 4 is 17.7 Å². The number of hydrogen-bond donors (Lipinski definition) is 1. The first kappa shape index (κ1) is 28.0. The molecule has 2 amide bonds. The van der Waals surface area contributed by atoms with E-state index in [9.17, 15) is 27.2 Å². The van der Waals surface area contributed by atoms with Gasteiger partial charge in [-0.15, -0.1) is 0 Å². The summed E-state index contributed by atoms with van der Waals surface area (Å²) >= 11 is 0. The summed E-state index contributed by atoms with van der Waals surface area (Å²) in [6.45, 7) is 4.40. The molecule has 0 spiro atoms. The van der Waals surface area contributed by atoms with Crippen LogP contribution in [0.4, 0.5) is 28.0 Å². The van der Waals surface area contributed by atoms with Crippen LogP contribution in [0, 0.1) is 5.82 Å². The fourth-order valence-corrected chi connectivity index (χ4v) is 3.80. The standard InChI is InChI=1S/C25H30F4N4O4/c1-24(2,3)37-23(35)33-11-9-16(10-12-33)20-13-17(14-30-22(20)36-15-25(27,28)29)21(34)31-32(4)19-7-5-18(26)6-8-19/h5-8,13-14,16H,9-12,15H2,1-4H3,(H,31,34). The summed E-state index contributed by atoms with van der Waals surface area (Å²) in [5.74, 6) is -1.49. The van der Waals surface area contributed by atoms with Crippen LogP contribution in [0.2, 0.25) is 0 Å². The van der Waals surface area contributed by atoms with Crippen molar-refractivity contribution in [3.05, 3.63) is 53.5 Å². The highest BCUT2D eigenvalue weighted by molar-refractivity contribution is 5.95. The molecule has 1 aliphatic rings. The second kappa shape index (κ2) is 11.2. The third-order valence-electron chi connectivity index (χ3n) is 5.58. The number of pyridine rings is 1. The Morgan fingerprint density at radius 2 is 1.76 bits per heavy atom. The number of anilines is 1. The average Bonchev–Trinajstić information content (AvgIpc) is 2.81. The molecule has 1 aliphatic heterocycles. The molecule has 2 heterocycles. The maximum Gasteiger partial charge on any atom is 0.422 e. The molecule has 0 bridgehead atoms. The lowest BCUT2D eigenvalue weighted by Crippen LogP contribution is -2.41. The van der Waals surface area contributed by atoms with Crippen LogP contribution >= 0.6 is 0 Å². The predicted molar refractivity (Wildman–Crippen MR) is 128 cm³/mol. The minimum atomic E-state index is -4.56. The third-order valence-corrected chi connectivity index (χ3v) is 5.58. The highest BCUT2D eigenvalue weighted by Crippen LogP contribution is 2.35. The number of alkyl halides is 3. The lowest BCUT2D eigenvalue weighted by molar-refractivity contribution is -0.154. The zero-order valence-corrected chi connectivity index (χ0v) is 21.1. The van der Waals surface area contributed by atoms with Gasteiger partial charge in [0.25, 0.3) is 5.91 Å². The van der Waals surface area contributed by atoms with E-state index in [1.54, 1.807) is 32.7 Å². The number of carbonyl (C=O) groups excluding carboxylic acids is 2. The number of hydrazine groups is 1. The Bertz CT molecular complexity index is 1100. The largest absolute Gasteiger partial charge is 0.468 e. The Balaban J connectivity index is 1.77. The maximum atomic E-state index is 13.2. The molecule has 3 rings (SSSR count). The van der Waals surface area contributed by atoms with Gasteiger partial charge >= 0.3 is 12.3 Å². The molecule has 1 N–H and O–H groups in total. The smallest absolute Gasteiger partial charge is 0.422 e. The third kappa shape index (κ3) is 8.22. The lowest BCUT2D eigenvalue weighted by atomic mass is 9.89. The average molecular weight is 527 g/mol. The summed E-state index contributed by atoms with van der Waals surface area (Å²) in [5, 5.41) is 1.38. The first-order valence-corrected chi connectivity index (χ1v) is 11.7. The predicted octanol–water partition coefficient (Wildman–Crippen LogP) is 5.06. The van der Waals surface area contributed by atoms with Crippen LogP contribution in [0.3, 0.4) is 0 Å². The number of hydrogen-bond acceptors (Lipinski definition) is 6. The van der Waals surface area contributed by atoms with Gasteiger partial charge in [-0.25, -0.2) is 14.2 Å². The van der Waals surface area contributed by atoms with Gasteiger partial charge in [0.2, 0.25) is 5.88 Å². The molecule has 37 heavy (non-hydrogen) atoms. The monoisotopic (exact) mass is 526 g/mol. The normalized spacial score (nSPS) is 14.8. The SMILES string of the molecule is CN(NC(=O)c1cnc(OCC(F)(F)F)c(C2CCN(C(=O)OC(C)(C)C)CC2)c1)c1ccc(F)cc1. The number of ether oxygens (including phenoxy) is 2. The molecule has 0 atom stereocenters. The van der Waals surface area contributed by atoms with Gasteiger partial charge in [-0.1, -0.05) is 0 Å². The van der Waals surface area contributed by atoms with E-state index in [0.29, 0.717) is 37.2 Å². The van der Waals surface area contributed by atoms with Crippen LogP contribution in [0.25, 0.3) is 0 Å². The lowest BCUT2D eigenvalue weighted by Gasteiger charge is -2.34. The van der Waals surface area contributed by atoms with Crippen molar-refractivity contribution in [2.45, 2.75) is 51.3 Å². The van der Waals surface area contributed by atoms with Crippen molar-refractivity contribution in [2.75, 3.05) is 31.8 Å². The van der Waals surface area contributed by atoms with Crippen molar-refractivity contribution in [1.29, 1.82) is 0 Å². The van der Waals surface area contributed by atoms with Crippen molar-refractivity contribution in [3.63, 3.8) is 0 Å². The van der Waals surface area contributed by atoms with Gasteiger partial charge in [-0.2, -0.15) is 13.2 Å². The topological polar surface area (TPSA) is 84.0 Å². The van der Waals surface area contributed by atoms with E-state index in [1.165, 1.54) is 35.3 Å². The van der Waals surface area contributed by atoms with Crippen LogP contribution in [-0.4, -0.2) is 60.4 Å². The summed E-state index contributed by atoms with van der Waals surface area (Å²) in [6, 6.07) is 6.90. The van der Waals surface area contributed by atoms with Crippen LogP contribution < -0.4 is 15.2 Å². The number of nitrogens with one attached hydrogen (secondary N) is 1. The van der Waals surface area contributed by atoms with Crippen molar-refractivity contribution in [3.8, 4) is 5.88 Å². The fourth-order valence-electron chi connectivity index (χ4n) is 3.80. The number of amides is 2. The highest BCUT2D eigenvalue weighted by Gasteiger charge is 2.32. The molecule has 1 aromatic heterocycles. The van der Waals surface area contributed by atoms with Gasteiger partial charge in [-0.3, -0.25) is 15.2 Å². The van der Waals surface area contributed by atoms with Crippen molar-refractivity contribution < 1.29 is 36.6 Å². The van der Waals surface area contributed by atoms with Crippen molar-refractivity contribution in [1.82, 2.24) is 15.3 Å². The van der Waals surface area contributed by atoms with E-state index < -0.39 is 36.2 Å². The van der Waals surface area contributed by atoms with E-state index >= 15 is 0 Å². The second-order valence-electron chi connectivity index (χ2n) is 9.74. The minimum absolute atomic E-state index is 0.109. The molecule has 1 fully saturated rings. The zero-order chi connectivity index (χ0) is 27.4. The molecular weight excluding hydrogens is 496 g/mol. The molecular formula is C25H30F4N4O4. The number of benzene rings is 1. The van der Waals surface area contributed by atoms with Gasteiger partial charge in [0.05, 0.1) is 11.3 Å². The van der Waals surface area contributed by atoms with Gasteiger partial charge in [0, 0.05) is 31.9 Å². The summed E-state index contributed by atoms with van der Waals surface area (Å²) in [4.78, 5) is 30.8. The molecule has 1 aromatic carbocycles. The highest BCUT2D eigenvalue weighted by atomic mass is 19.4. The van der Waals surface area contributed by atoms with Gasteiger partial charge < -0.3 is 14.4 Å². The Labute approximate surface area is 212 Å². The number of aromatic nitrogens is 1. The molecule has 12 heteroatoms. The molecule has 2 aromatic rings. The summed E-state index contributed by atoms with van der Waals surface area (Å²) < 4.78 is 62.0. The molecule has 8 nitrogen and oxygen atoms in total. The summed E-state index contributed by atoms with van der Waals surface area (Å²) in [6.07, 6.45) is -3.05. The number of piperidine rings is 1. The molecule has 0 aliphatic carbocycles. The van der Waals surface area contributed by atoms with Crippen LogP contribution in [0.1, 0.15) is 55.5 Å². The number of halogens is 4. The maximum absolute atomic E-state index is 13.2. The van der Waals surface area contributed by atoms with Gasteiger partial charge in [-0.05, 0) is 69.9 Å². The Hall–Kier alpha value is -3.57. The van der Waals surface area contributed by atoms with E-state index in [4.69, 9.17) is 9.47 Å². The van der Waals surface area contributed by atoms with Gasteiger partial charge in [0.15, 0.2) is 6.61 Å². The quantitative estimate of drug-likeness (QED) is 0.419. The molecule has 0 saturated carbocycles. The first-order valence-electron chi connectivity index (χ1n) is 11.7. The van der Waals surface area contributed by atoms with E-state index in [1.807, 2.05) is 0 Å². The Kier molecular flexibility index (Phi) is 8.49. The summed E-state index contributed by atoms with van der Waals surface area (Å²) in [7, 11) is 1.56. The van der Waals surface area contributed by atoms with E-state index in [0.717, 1.165) is 6.20 Å². The van der Waals surface area contributed by atoms with E-state index in [-0.39, 0.29) is 17.4 Å². The van der Waals surface area contributed by atoms with E-state index in [2.05, 4.69) is 10.4 Å². The Morgan fingerprint density at radius 1 is 1.14 bits per heavy atom. The summed E-state index contributed by atoms with van der Waals surface area (Å²) in [5.41, 5.74) is 2.95. The molecule has 0 unspecified atom stereocenters. The molecule has 1 saturated heterocycles. The zero-order valence-electron chi connectivity index (χ0n) is 21.1. The number of nitrogens with zero attached hydrogens (tertiary/aromatic N) is 3. The second-order valence-corrected chi connectivity index (χ2v) is 9.74. The number of carbonyl (C=O) groups is 2. The molecule has 202 valence electrons. The van der Waals surface area contributed by atoms with Crippen LogP contribution in [0.5, 0.6) is 5.88 Å². The number of likely N-dealkylation sites (tertiary alicyclic amines) is 1. The van der Waals surface area contributed by atoms with Crippen LogP contribution in [-0.2, 0) is 4.74 Å². The molecule has 0 radical (unpaired) electrons. The Morgan fingerprint density at radius 3 is 2.32 bits per heavy atom. The van der Waals surface area contributed by atoms with Crippen LogP contribution in [0.15, 0.2) is 36.5 Å². The fraction of sp³-hybridized carbons (Fsp3) is 0.480. The minimum Gasteiger partial charge on any atom is -0.468 e.